The highest BCUT2D eigenvalue weighted by atomic mass is 16.5. The molecule has 0 saturated carbocycles. The molecule has 0 radical (unpaired) electrons. The number of likely N-dealkylation sites (tertiary alicyclic amines) is 2. The van der Waals surface area contributed by atoms with Gasteiger partial charge in [0.05, 0.1) is 73.0 Å². The van der Waals surface area contributed by atoms with Gasteiger partial charge in [0.15, 0.2) is 5.82 Å². The molecule has 0 aliphatic carbocycles. The van der Waals surface area contributed by atoms with E-state index in [1.807, 2.05) is 73.9 Å². The zero-order valence-electron chi connectivity index (χ0n) is 32.9. The fraction of sp³-hybridized carbons (Fsp3) is 0.476. The minimum Gasteiger partial charge on any atom is -0.469 e. The molecule has 2 amide bonds. The van der Waals surface area contributed by atoms with Crippen molar-refractivity contribution >= 4 is 45.8 Å². The molecule has 7 rings (SSSR count). The summed E-state index contributed by atoms with van der Waals surface area (Å²) in [5.41, 5.74) is 5.85. The second kappa shape index (κ2) is 16.2. The van der Waals surface area contributed by atoms with Crippen LogP contribution in [0.5, 0.6) is 0 Å². The average Bonchev–Trinajstić information content (AvgIpc) is 4.03. The number of esters is 2. The topological polar surface area (TPSA) is 176 Å². The summed E-state index contributed by atoms with van der Waals surface area (Å²) in [6.07, 6.45) is 7.01. The van der Waals surface area contributed by atoms with Crippen molar-refractivity contribution in [1.82, 2.24) is 39.7 Å². The number of hydrogen-bond donors (Lipinski definition) is 2. The predicted molar refractivity (Wildman–Crippen MR) is 210 cm³/mol. The highest BCUT2D eigenvalue weighted by molar-refractivity contribution is 5.87. The smallest absolute Gasteiger partial charge is 0.306 e. The van der Waals surface area contributed by atoms with Gasteiger partial charge in [0, 0.05) is 36.6 Å². The Morgan fingerprint density at radius 1 is 0.679 bits per heavy atom. The molecule has 2 aliphatic heterocycles. The molecule has 2 N–H and O–H groups in total. The number of aromatic amines is 2. The molecule has 0 bridgehead atoms. The van der Waals surface area contributed by atoms with Gasteiger partial charge >= 0.3 is 11.9 Å². The van der Waals surface area contributed by atoms with E-state index in [-0.39, 0.29) is 60.5 Å². The maximum atomic E-state index is 13.7. The van der Waals surface area contributed by atoms with E-state index in [9.17, 15) is 19.2 Å². The maximum Gasteiger partial charge on any atom is 0.306 e. The van der Waals surface area contributed by atoms with Crippen LogP contribution in [0, 0.1) is 23.7 Å². The average molecular weight is 763 g/mol. The molecular formula is C42H50N8O6. The maximum absolute atomic E-state index is 13.7. The number of H-pyrrole nitrogens is 2. The number of benzene rings is 2. The number of fused-ring (bicyclic) bond motifs is 2. The van der Waals surface area contributed by atoms with Crippen LogP contribution in [0.15, 0.2) is 48.8 Å². The third-order valence-electron chi connectivity index (χ3n) is 11.4. The molecule has 2 aliphatic rings. The molecule has 294 valence electrons. The lowest BCUT2D eigenvalue weighted by atomic mass is 9.91. The van der Waals surface area contributed by atoms with E-state index in [0.29, 0.717) is 18.9 Å². The lowest BCUT2D eigenvalue weighted by Gasteiger charge is -2.29. The van der Waals surface area contributed by atoms with Gasteiger partial charge in [0.2, 0.25) is 11.8 Å². The van der Waals surface area contributed by atoms with E-state index >= 15 is 0 Å². The molecule has 2 fully saturated rings. The van der Waals surface area contributed by atoms with Crippen molar-refractivity contribution < 1.29 is 28.7 Å². The Kier molecular flexibility index (Phi) is 11.2. The van der Waals surface area contributed by atoms with Crippen LogP contribution < -0.4 is 0 Å². The Bertz CT molecular complexity index is 2090. The van der Waals surface area contributed by atoms with Crippen molar-refractivity contribution in [3.05, 3.63) is 60.4 Å². The minimum absolute atomic E-state index is 0.00716. The van der Waals surface area contributed by atoms with Crippen molar-refractivity contribution in [1.29, 1.82) is 0 Å². The van der Waals surface area contributed by atoms with Crippen molar-refractivity contribution in [2.75, 3.05) is 27.3 Å². The second-order valence-electron chi connectivity index (χ2n) is 15.6. The van der Waals surface area contributed by atoms with Gasteiger partial charge in [-0.15, -0.1) is 0 Å². The van der Waals surface area contributed by atoms with E-state index < -0.39 is 11.8 Å². The lowest BCUT2D eigenvalue weighted by molar-refractivity contribution is -0.148. The van der Waals surface area contributed by atoms with Gasteiger partial charge in [0.1, 0.15) is 11.6 Å². The third kappa shape index (κ3) is 7.74. The first-order valence-corrected chi connectivity index (χ1v) is 19.5. The molecule has 2 saturated heterocycles. The number of rotatable bonds is 12. The van der Waals surface area contributed by atoms with Crippen molar-refractivity contribution in [3.63, 3.8) is 0 Å². The van der Waals surface area contributed by atoms with Crippen molar-refractivity contribution in [2.45, 2.75) is 78.3 Å². The van der Waals surface area contributed by atoms with Gasteiger partial charge in [0.25, 0.3) is 0 Å². The molecule has 14 nitrogen and oxygen atoms in total. The molecule has 2 aromatic carbocycles. The van der Waals surface area contributed by atoms with Crippen LogP contribution in [0.4, 0.5) is 0 Å². The van der Waals surface area contributed by atoms with Crippen LogP contribution in [-0.4, -0.2) is 90.8 Å². The Balaban J connectivity index is 1.06. The van der Waals surface area contributed by atoms with Crippen LogP contribution in [0.3, 0.4) is 0 Å². The quantitative estimate of drug-likeness (QED) is 0.132. The molecule has 14 heteroatoms. The zero-order valence-corrected chi connectivity index (χ0v) is 32.9. The SMILES string of the molecule is COC(=O)C[C@H](C(=O)N1CCCC1c1nc2ccc(-c3ncc(-c4ccc5nc([C@@H]6CCCN6C(=O)[C@@H](CC(=O)OC)C(C)C)[nH]c5c4)cn3)cc2[nH]1)C(C)C. The summed E-state index contributed by atoms with van der Waals surface area (Å²) in [5, 5.41) is 0. The minimum atomic E-state index is -0.456. The Hall–Kier alpha value is -5.66. The summed E-state index contributed by atoms with van der Waals surface area (Å²) in [4.78, 5) is 81.3. The Labute approximate surface area is 325 Å². The molecule has 56 heavy (non-hydrogen) atoms. The van der Waals surface area contributed by atoms with E-state index in [1.54, 1.807) is 12.4 Å². The van der Waals surface area contributed by atoms with E-state index in [0.717, 1.165) is 76.1 Å². The number of aromatic nitrogens is 6. The van der Waals surface area contributed by atoms with Crippen molar-refractivity contribution in [3.8, 4) is 22.5 Å². The van der Waals surface area contributed by atoms with E-state index in [4.69, 9.17) is 29.4 Å². The van der Waals surface area contributed by atoms with Crippen LogP contribution in [0.25, 0.3) is 44.6 Å². The summed E-state index contributed by atoms with van der Waals surface area (Å²) >= 11 is 0. The number of hydrogen-bond acceptors (Lipinski definition) is 10. The fourth-order valence-corrected chi connectivity index (χ4v) is 8.12. The predicted octanol–water partition coefficient (Wildman–Crippen LogP) is 6.56. The number of methoxy groups -OCH3 is 2. The van der Waals surface area contributed by atoms with Gasteiger partial charge in [-0.25, -0.2) is 19.9 Å². The molecule has 5 aromatic rings. The van der Waals surface area contributed by atoms with Gasteiger partial charge in [-0.05, 0) is 73.4 Å². The van der Waals surface area contributed by atoms with Gasteiger partial charge < -0.3 is 29.2 Å². The second-order valence-corrected chi connectivity index (χ2v) is 15.6. The largest absolute Gasteiger partial charge is 0.469 e. The van der Waals surface area contributed by atoms with Gasteiger partial charge in [-0.3, -0.25) is 19.2 Å². The highest BCUT2D eigenvalue weighted by Gasteiger charge is 2.39. The molecule has 1 unspecified atom stereocenters. The highest BCUT2D eigenvalue weighted by Crippen LogP contribution is 2.37. The molecular weight excluding hydrogens is 713 g/mol. The van der Waals surface area contributed by atoms with Gasteiger partial charge in [-0.1, -0.05) is 33.8 Å². The van der Waals surface area contributed by atoms with Crippen molar-refractivity contribution in [2.24, 2.45) is 23.7 Å². The number of carbonyl (C=O) groups is 4. The summed E-state index contributed by atoms with van der Waals surface area (Å²) in [6.45, 7) is 9.06. The standard InChI is InChI=1S/C42H50N8O6/c1-23(2)28(19-36(51)55-5)41(53)49-15-7-9-34(49)39-45-30-13-11-25(17-32(30)47-39)27-21-43-38(44-22-27)26-12-14-31-33(18-26)48-40(46-31)35-10-8-16-50(35)42(54)29(24(3)4)20-37(52)56-6/h11-14,17-18,21-24,28-29,34-35H,7-10,15-16,19-20H2,1-6H3,(H,45,47)(H,46,48)/t28-,29-,34-,35?/m0/s1. The van der Waals surface area contributed by atoms with Gasteiger partial charge in [-0.2, -0.15) is 0 Å². The molecule has 4 atom stereocenters. The molecule has 5 heterocycles. The van der Waals surface area contributed by atoms with Crippen LogP contribution in [0.2, 0.25) is 0 Å². The van der Waals surface area contributed by atoms with E-state index in [1.165, 1.54) is 14.2 Å². The number of imidazole rings is 2. The van der Waals surface area contributed by atoms with E-state index in [2.05, 4.69) is 9.97 Å². The summed E-state index contributed by atoms with van der Waals surface area (Å²) in [6, 6.07) is 11.4. The zero-order chi connectivity index (χ0) is 39.7. The first kappa shape index (κ1) is 38.6. The fourth-order valence-electron chi connectivity index (χ4n) is 8.12. The number of carbonyl (C=O) groups excluding carboxylic acids is 4. The number of ether oxygens (including phenoxy) is 2. The number of amides is 2. The van der Waals surface area contributed by atoms with Crippen LogP contribution in [-0.2, 0) is 28.7 Å². The first-order chi connectivity index (χ1) is 26.9. The summed E-state index contributed by atoms with van der Waals surface area (Å²) < 4.78 is 9.75. The van der Waals surface area contributed by atoms with Crippen LogP contribution >= 0.6 is 0 Å². The molecule has 3 aromatic heterocycles. The third-order valence-corrected chi connectivity index (χ3v) is 11.4. The normalized spacial score (nSPS) is 18.3. The number of nitrogens with one attached hydrogen (secondary N) is 2. The lowest BCUT2D eigenvalue weighted by Crippen LogP contribution is -2.39. The Morgan fingerprint density at radius 3 is 1.57 bits per heavy atom. The molecule has 0 spiro atoms. The monoisotopic (exact) mass is 762 g/mol. The van der Waals surface area contributed by atoms with Crippen LogP contribution in [0.1, 0.15) is 90.0 Å². The summed E-state index contributed by atoms with van der Waals surface area (Å²) in [7, 11) is 2.69. The summed E-state index contributed by atoms with van der Waals surface area (Å²) in [5.74, 6) is 0.241. The Morgan fingerprint density at radius 2 is 1.12 bits per heavy atom. The first-order valence-electron chi connectivity index (χ1n) is 19.5. The number of nitrogens with zero attached hydrogens (tertiary/aromatic N) is 6.